The summed E-state index contributed by atoms with van der Waals surface area (Å²) >= 11 is 0. The Bertz CT molecular complexity index is 913. The van der Waals surface area contributed by atoms with E-state index in [4.69, 9.17) is 18.9 Å². The van der Waals surface area contributed by atoms with Gasteiger partial charge in [0.15, 0.2) is 11.5 Å². The van der Waals surface area contributed by atoms with Gasteiger partial charge in [0, 0.05) is 39.1 Å². The standard InChI is InChI=1S/C24H30N2O5/c1-28-21-13-18(14-22(29-2)24(21)30-3)15-23(27)26-9-7-25(8-10-26)16-17-4-5-20-19(12-17)6-11-31-20/h4-5,12-14H,6-11,15-16H2,1-3H3. The van der Waals surface area contributed by atoms with Gasteiger partial charge in [0.25, 0.3) is 0 Å². The van der Waals surface area contributed by atoms with Gasteiger partial charge in [-0.3, -0.25) is 9.69 Å². The molecule has 166 valence electrons. The zero-order valence-corrected chi connectivity index (χ0v) is 18.5. The molecule has 7 heteroatoms. The number of fused-ring (bicyclic) bond motifs is 1. The van der Waals surface area contributed by atoms with E-state index in [1.165, 1.54) is 11.1 Å². The second-order valence-corrected chi connectivity index (χ2v) is 7.91. The predicted octanol–water partition coefficient (Wildman–Crippen LogP) is 2.53. The second kappa shape index (κ2) is 9.47. The Balaban J connectivity index is 1.33. The Morgan fingerprint density at radius 3 is 2.29 bits per heavy atom. The van der Waals surface area contributed by atoms with Gasteiger partial charge in [-0.2, -0.15) is 0 Å². The van der Waals surface area contributed by atoms with Gasteiger partial charge in [0.1, 0.15) is 5.75 Å². The molecular weight excluding hydrogens is 396 g/mol. The van der Waals surface area contributed by atoms with Crippen LogP contribution >= 0.6 is 0 Å². The lowest BCUT2D eigenvalue weighted by Gasteiger charge is -2.35. The summed E-state index contributed by atoms with van der Waals surface area (Å²) in [6.07, 6.45) is 1.30. The third-order valence-electron chi connectivity index (χ3n) is 5.96. The summed E-state index contributed by atoms with van der Waals surface area (Å²) < 4.78 is 21.8. The normalized spacial score (nSPS) is 15.9. The zero-order chi connectivity index (χ0) is 21.8. The van der Waals surface area contributed by atoms with Crippen LogP contribution in [0.15, 0.2) is 30.3 Å². The molecule has 0 saturated carbocycles. The summed E-state index contributed by atoms with van der Waals surface area (Å²) in [5.41, 5.74) is 3.46. The minimum absolute atomic E-state index is 0.114. The summed E-state index contributed by atoms with van der Waals surface area (Å²) in [6.45, 7) is 4.89. The van der Waals surface area contributed by atoms with E-state index in [0.29, 0.717) is 23.7 Å². The Labute approximate surface area is 183 Å². The molecule has 2 aliphatic heterocycles. The lowest BCUT2D eigenvalue weighted by Crippen LogP contribution is -2.48. The average Bonchev–Trinajstić information content (AvgIpc) is 3.26. The van der Waals surface area contributed by atoms with Crippen molar-refractivity contribution < 1.29 is 23.7 Å². The topological polar surface area (TPSA) is 60.5 Å². The van der Waals surface area contributed by atoms with Gasteiger partial charge in [-0.1, -0.05) is 12.1 Å². The van der Waals surface area contributed by atoms with E-state index in [-0.39, 0.29) is 5.91 Å². The molecule has 0 aliphatic carbocycles. The van der Waals surface area contributed by atoms with Crippen LogP contribution in [0, 0.1) is 0 Å². The Hall–Kier alpha value is -2.93. The molecule has 0 bridgehead atoms. The van der Waals surface area contributed by atoms with Gasteiger partial charge in [-0.15, -0.1) is 0 Å². The molecule has 0 N–H and O–H groups in total. The SMILES string of the molecule is COc1cc(CC(=O)N2CCN(Cc3ccc4c(c3)CCO4)CC2)cc(OC)c1OC. The highest BCUT2D eigenvalue weighted by molar-refractivity contribution is 5.79. The number of piperazine rings is 1. The highest BCUT2D eigenvalue weighted by Gasteiger charge is 2.23. The predicted molar refractivity (Wildman–Crippen MR) is 117 cm³/mol. The maximum Gasteiger partial charge on any atom is 0.227 e. The molecule has 1 saturated heterocycles. The maximum atomic E-state index is 12.9. The van der Waals surface area contributed by atoms with E-state index in [9.17, 15) is 4.79 Å². The van der Waals surface area contributed by atoms with Crippen molar-refractivity contribution in [3.8, 4) is 23.0 Å². The van der Waals surface area contributed by atoms with Crippen molar-refractivity contribution in [2.75, 3.05) is 54.1 Å². The minimum atomic E-state index is 0.114. The molecule has 7 nitrogen and oxygen atoms in total. The fourth-order valence-electron chi connectivity index (χ4n) is 4.28. The molecule has 0 aromatic heterocycles. The van der Waals surface area contributed by atoms with Crippen LogP contribution in [0.2, 0.25) is 0 Å². The number of ether oxygens (including phenoxy) is 4. The molecule has 0 unspecified atom stereocenters. The van der Waals surface area contributed by atoms with E-state index >= 15 is 0 Å². The monoisotopic (exact) mass is 426 g/mol. The highest BCUT2D eigenvalue weighted by Crippen LogP contribution is 2.38. The fraction of sp³-hybridized carbons (Fsp3) is 0.458. The molecule has 31 heavy (non-hydrogen) atoms. The van der Waals surface area contributed by atoms with Crippen LogP contribution in [0.1, 0.15) is 16.7 Å². The molecule has 2 heterocycles. The molecule has 2 aliphatic rings. The van der Waals surface area contributed by atoms with E-state index in [1.807, 2.05) is 17.0 Å². The first-order valence-corrected chi connectivity index (χ1v) is 10.6. The minimum Gasteiger partial charge on any atom is -0.493 e. The van der Waals surface area contributed by atoms with Gasteiger partial charge < -0.3 is 23.8 Å². The molecule has 4 rings (SSSR count). The third-order valence-corrected chi connectivity index (χ3v) is 5.96. The summed E-state index contributed by atoms with van der Waals surface area (Å²) in [5.74, 6) is 2.80. The quantitative estimate of drug-likeness (QED) is 0.678. The van der Waals surface area contributed by atoms with E-state index in [0.717, 1.165) is 57.1 Å². The van der Waals surface area contributed by atoms with Crippen LogP contribution in [-0.4, -0.2) is 69.8 Å². The number of hydrogen-bond donors (Lipinski definition) is 0. The van der Waals surface area contributed by atoms with Gasteiger partial charge in [-0.25, -0.2) is 0 Å². The molecule has 0 atom stereocenters. The van der Waals surface area contributed by atoms with E-state index in [1.54, 1.807) is 21.3 Å². The molecule has 2 aromatic rings. The summed E-state index contributed by atoms with van der Waals surface area (Å²) in [5, 5.41) is 0. The number of carbonyl (C=O) groups excluding carboxylic acids is 1. The van der Waals surface area contributed by atoms with Crippen molar-refractivity contribution in [3.05, 3.63) is 47.0 Å². The Kier molecular flexibility index (Phi) is 6.51. The molecule has 1 fully saturated rings. The average molecular weight is 427 g/mol. The number of methoxy groups -OCH3 is 3. The number of benzene rings is 2. The number of nitrogens with zero attached hydrogens (tertiary/aromatic N) is 2. The van der Waals surface area contributed by atoms with Crippen LogP contribution in [-0.2, 0) is 24.2 Å². The molecule has 1 amide bonds. The highest BCUT2D eigenvalue weighted by atomic mass is 16.5. The fourth-order valence-corrected chi connectivity index (χ4v) is 4.28. The maximum absolute atomic E-state index is 12.9. The van der Waals surface area contributed by atoms with Gasteiger partial charge in [0.2, 0.25) is 11.7 Å². The van der Waals surface area contributed by atoms with Crippen molar-refractivity contribution in [2.45, 2.75) is 19.4 Å². The van der Waals surface area contributed by atoms with Gasteiger partial charge in [-0.05, 0) is 34.9 Å². The molecule has 2 aromatic carbocycles. The summed E-state index contributed by atoms with van der Waals surface area (Å²) in [6, 6.07) is 10.2. The van der Waals surface area contributed by atoms with Crippen LogP contribution < -0.4 is 18.9 Å². The number of amides is 1. The van der Waals surface area contributed by atoms with Crippen molar-refractivity contribution in [1.82, 2.24) is 9.80 Å². The van der Waals surface area contributed by atoms with Crippen LogP contribution in [0.4, 0.5) is 0 Å². The summed E-state index contributed by atoms with van der Waals surface area (Å²) in [4.78, 5) is 17.2. The second-order valence-electron chi connectivity index (χ2n) is 7.91. The largest absolute Gasteiger partial charge is 0.493 e. The van der Waals surface area contributed by atoms with E-state index < -0.39 is 0 Å². The first-order valence-electron chi connectivity index (χ1n) is 10.6. The number of rotatable bonds is 7. The molecule has 0 spiro atoms. The zero-order valence-electron chi connectivity index (χ0n) is 18.5. The first-order chi connectivity index (χ1) is 15.1. The number of hydrogen-bond acceptors (Lipinski definition) is 6. The van der Waals surface area contributed by atoms with Crippen molar-refractivity contribution >= 4 is 5.91 Å². The van der Waals surface area contributed by atoms with Crippen LogP contribution in [0.5, 0.6) is 23.0 Å². The van der Waals surface area contributed by atoms with E-state index in [2.05, 4.69) is 23.1 Å². The molecule has 0 radical (unpaired) electrons. The Morgan fingerprint density at radius 2 is 1.65 bits per heavy atom. The number of carbonyl (C=O) groups is 1. The van der Waals surface area contributed by atoms with Crippen molar-refractivity contribution in [1.29, 1.82) is 0 Å². The van der Waals surface area contributed by atoms with Gasteiger partial charge >= 0.3 is 0 Å². The van der Waals surface area contributed by atoms with Crippen LogP contribution in [0.25, 0.3) is 0 Å². The first kappa shape index (κ1) is 21.3. The molecular formula is C24H30N2O5. The van der Waals surface area contributed by atoms with Crippen molar-refractivity contribution in [2.24, 2.45) is 0 Å². The smallest absolute Gasteiger partial charge is 0.227 e. The van der Waals surface area contributed by atoms with Gasteiger partial charge in [0.05, 0.1) is 34.4 Å². The third kappa shape index (κ3) is 4.71. The van der Waals surface area contributed by atoms with Crippen molar-refractivity contribution in [3.63, 3.8) is 0 Å². The lowest BCUT2D eigenvalue weighted by atomic mass is 10.1. The lowest BCUT2D eigenvalue weighted by molar-refractivity contribution is -0.132. The van der Waals surface area contributed by atoms with Crippen LogP contribution in [0.3, 0.4) is 0 Å². The summed E-state index contributed by atoms with van der Waals surface area (Å²) in [7, 11) is 4.73. The Morgan fingerprint density at radius 1 is 0.935 bits per heavy atom.